The second kappa shape index (κ2) is 11.0. The number of hydrogen-bond acceptors (Lipinski definition) is 5. The number of carboxylic acids is 1. The van der Waals surface area contributed by atoms with Crippen LogP contribution < -0.4 is 0 Å². The maximum atomic E-state index is 10.5. The number of ether oxygens (including phenoxy) is 1. The number of unbranched alkanes of at least 4 members (excludes halogenated alkanes) is 1. The van der Waals surface area contributed by atoms with Crippen molar-refractivity contribution in [3.63, 3.8) is 0 Å². The summed E-state index contributed by atoms with van der Waals surface area (Å²) in [5, 5.41) is 8.21. The summed E-state index contributed by atoms with van der Waals surface area (Å²) in [5.41, 5.74) is 0. The van der Waals surface area contributed by atoms with E-state index in [-0.39, 0.29) is 5.25 Å². The van der Waals surface area contributed by atoms with Crippen LogP contribution in [-0.4, -0.2) is 34.0 Å². The van der Waals surface area contributed by atoms with Crippen molar-refractivity contribution in [2.45, 2.75) is 31.9 Å². The van der Waals surface area contributed by atoms with E-state index in [9.17, 15) is 4.79 Å². The molecular formula is C9H18O3S3. The van der Waals surface area contributed by atoms with E-state index in [4.69, 9.17) is 9.84 Å². The predicted octanol–water partition coefficient (Wildman–Crippen LogP) is 3.31. The smallest absolute Gasteiger partial charge is 0.316 e. The zero-order valence-electron chi connectivity index (χ0n) is 9.10. The molecule has 0 amide bonds. The minimum Gasteiger partial charge on any atom is -0.480 e. The highest BCUT2D eigenvalue weighted by molar-refractivity contribution is 8.76. The highest BCUT2D eigenvalue weighted by Crippen LogP contribution is 2.23. The molecule has 0 radical (unpaired) electrons. The Morgan fingerprint density at radius 1 is 1.40 bits per heavy atom. The van der Waals surface area contributed by atoms with Crippen molar-refractivity contribution < 1.29 is 14.6 Å². The third-order valence-electron chi connectivity index (χ3n) is 1.55. The average Bonchev–Trinajstić information content (AvgIpc) is 2.21. The first-order valence-electron chi connectivity index (χ1n) is 4.85. The van der Waals surface area contributed by atoms with E-state index in [0.717, 1.165) is 5.75 Å². The molecule has 1 unspecified atom stereocenters. The quantitative estimate of drug-likeness (QED) is 0.373. The lowest BCUT2D eigenvalue weighted by molar-refractivity contribution is -0.136. The van der Waals surface area contributed by atoms with Crippen molar-refractivity contribution in [3.8, 4) is 0 Å². The topological polar surface area (TPSA) is 46.5 Å². The van der Waals surface area contributed by atoms with Gasteiger partial charge >= 0.3 is 5.97 Å². The number of carboxylic acid groups (broad SMARTS) is 1. The zero-order valence-corrected chi connectivity index (χ0v) is 11.6. The third-order valence-corrected chi connectivity index (χ3v) is 4.72. The molecule has 0 aliphatic heterocycles. The van der Waals surface area contributed by atoms with Gasteiger partial charge in [-0.1, -0.05) is 34.9 Å². The van der Waals surface area contributed by atoms with E-state index in [2.05, 4.69) is 6.92 Å². The Morgan fingerprint density at radius 2 is 2.13 bits per heavy atom. The molecule has 1 atom stereocenters. The van der Waals surface area contributed by atoms with Crippen LogP contribution in [0.15, 0.2) is 0 Å². The molecule has 90 valence electrons. The maximum absolute atomic E-state index is 10.5. The van der Waals surface area contributed by atoms with Crippen molar-refractivity contribution in [2.24, 2.45) is 0 Å². The Morgan fingerprint density at radius 3 is 2.73 bits per heavy atom. The molecule has 0 saturated heterocycles. The van der Waals surface area contributed by atoms with Crippen LogP contribution in [0.4, 0.5) is 0 Å². The van der Waals surface area contributed by atoms with Crippen LogP contribution in [0.2, 0.25) is 0 Å². The Kier molecular flexibility index (Phi) is 11.3. The number of thioether (sulfide) groups is 1. The fraction of sp³-hybridized carbons (Fsp3) is 0.889. The molecule has 0 aromatic rings. The van der Waals surface area contributed by atoms with Gasteiger partial charge in [-0.2, -0.15) is 0 Å². The van der Waals surface area contributed by atoms with Crippen LogP contribution in [0.3, 0.4) is 0 Å². The number of aliphatic carboxylic acids is 1. The molecule has 0 fully saturated rings. The Bertz CT molecular complexity index is 167. The monoisotopic (exact) mass is 270 g/mol. The van der Waals surface area contributed by atoms with Crippen LogP contribution >= 0.6 is 33.3 Å². The third kappa shape index (κ3) is 10.8. The first-order valence-corrected chi connectivity index (χ1v) is 8.38. The Labute approximate surface area is 103 Å². The van der Waals surface area contributed by atoms with Crippen LogP contribution in [0.1, 0.15) is 26.7 Å². The molecule has 1 N–H and O–H groups in total. The van der Waals surface area contributed by atoms with E-state index in [0.29, 0.717) is 11.9 Å². The van der Waals surface area contributed by atoms with Crippen molar-refractivity contribution in [1.82, 2.24) is 0 Å². The maximum Gasteiger partial charge on any atom is 0.316 e. The minimum absolute atomic E-state index is 0.386. The molecule has 0 rings (SSSR count). The standard InChI is InChI=1S/C9H18O3S3/c1-3-4-5-14-15-7-12-6-13-8(2)9(10)11/h8H,3-7H2,1-2H3,(H,10,11). The van der Waals surface area contributed by atoms with Gasteiger partial charge in [0.05, 0.1) is 5.94 Å². The van der Waals surface area contributed by atoms with E-state index < -0.39 is 5.97 Å². The fourth-order valence-electron chi connectivity index (χ4n) is 0.586. The summed E-state index contributed by atoms with van der Waals surface area (Å²) in [5.74, 6) is 1.46. The van der Waals surface area contributed by atoms with Crippen LogP contribution in [0, 0.1) is 0 Å². The predicted molar refractivity (Wildman–Crippen MR) is 70.5 cm³/mol. The molecule has 0 spiro atoms. The van der Waals surface area contributed by atoms with Gasteiger partial charge in [-0.3, -0.25) is 4.79 Å². The van der Waals surface area contributed by atoms with Gasteiger partial charge in [0.1, 0.15) is 11.2 Å². The summed E-state index contributed by atoms with van der Waals surface area (Å²) in [7, 11) is 3.50. The molecule has 0 aromatic carbocycles. The van der Waals surface area contributed by atoms with Crippen LogP contribution in [-0.2, 0) is 9.53 Å². The van der Waals surface area contributed by atoms with Gasteiger partial charge in [-0.25, -0.2) is 0 Å². The van der Waals surface area contributed by atoms with Crippen molar-refractivity contribution >= 4 is 39.3 Å². The zero-order chi connectivity index (χ0) is 11.5. The van der Waals surface area contributed by atoms with Gasteiger partial charge < -0.3 is 9.84 Å². The molecule has 6 heteroatoms. The van der Waals surface area contributed by atoms with Gasteiger partial charge in [0.25, 0.3) is 0 Å². The summed E-state index contributed by atoms with van der Waals surface area (Å²) < 4.78 is 5.28. The lowest BCUT2D eigenvalue weighted by Gasteiger charge is -2.06. The van der Waals surface area contributed by atoms with Gasteiger partial charge in [0.15, 0.2) is 0 Å². The minimum atomic E-state index is -0.784. The Hall–Kier alpha value is 0.480. The molecule has 3 nitrogen and oxygen atoms in total. The van der Waals surface area contributed by atoms with Crippen molar-refractivity contribution in [3.05, 3.63) is 0 Å². The molecule has 0 saturated carbocycles. The number of hydrogen-bond donors (Lipinski definition) is 1. The van der Waals surface area contributed by atoms with Crippen molar-refractivity contribution in [1.29, 1.82) is 0 Å². The van der Waals surface area contributed by atoms with Gasteiger partial charge in [-0.05, 0) is 13.3 Å². The van der Waals surface area contributed by atoms with Gasteiger partial charge in [-0.15, -0.1) is 11.8 Å². The van der Waals surface area contributed by atoms with E-state index >= 15 is 0 Å². The largest absolute Gasteiger partial charge is 0.480 e. The van der Waals surface area contributed by atoms with Gasteiger partial charge in [0.2, 0.25) is 0 Å². The average molecular weight is 270 g/mol. The molecule has 15 heavy (non-hydrogen) atoms. The second-order valence-corrected chi connectivity index (χ2v) is 6.69. The van der Waals surface area contributed by atoms with Gasteiger partial charge in [0, 0.05) is 5.75 Å². The molecule has 0 heterocycles. The first kappa shape index (κ1) is 15.5. The Balaban J connectivity index is 3.08. The second-order valence-electron chi connectivity index (χ2n) is 2.88. The highest BCUT2D eigenvalue weighted by atomic mass is 33.1. The lowest BCUT2D eigenvalue weighted by atomic mass is 10.4. The molecule has 0 aromatic heterocycles. The van der Waals surface area contributed by atoms with Crippen LogP contribution in [0.25, 0.3) is 0 Å². The van der Waals surface area contributed by atoms with Crippen molar-refractivity contribution in [2.75, 3.05) is 17.6 Å². The first-order chi connectivity index (χ1) is 7.18. The summed E-state index contributed by atoms with van der Waals surface area (Å²) in [6.07, 6.45) is 2.46. The normalized spacial score (nSPS) is 12.7. The molecule has 0 bridgehead atoms. The molecular weight excluding hydrogens is 252 g/mol. The summed E-state index contributed by atoms with van der Waals surface area (Å²) in [6, 6.07) is 0. The number of carbonyl (C=O) groups is 1. The SMILES string of the molecule is CCCCSSCOCSC(C)C(=O)O. The summed E-state index contributed by atoms with van der Waals surface area (Å²) in [4.78, 5) is 10.5. The molecule has 0 aliphatic carbocycles. The van der Waals surface area contributed by atoms with E-state index in [1.165, 1.54) is 24.6 Å². The van der Waals surface area contributed by atoms with E-state index in [1.54, 1.807) is 17.7 Å². The number of rotatable bonds is 10. The summed E-state index contributed by atoms with van der Waals surface area (Å²) >= 11 is 1.31. The van der Waals surface area contributed by atoms with Crippen LogP contribution in [0.5, 0.6) is 0 Å². The summed E-state index contributed by atoms with van der Waals surface area (Å²) in [6.45, 7) is 3.84. The van der Waals surface area contributed by atoms with E-state index in [1.807, 2.05) is 10.8 Å². The fourth-order valence-corrected chi connectivity index (χ4v) is 3.08. The lowest BCUT2D eigenvalue weighted by Crippen LogP contribution is -2.12. The molecule has 0 aliphatic rings. The highest BCUT2D eigenvalue weighted by Gasteiger charge is 2.10.